The van der Waals surface area contributed by atoms with Crippen molar-refractivity contribution >= 4 is 11.8 Å². The minimum Gasteiger partial charge on any atom is -0.493 e. The van der Waals surface area contributed by atoms with Crippen LogP contribution in [0.2, 0.25) is 0 Å². The highest BCUT2D eigenvalue weighted by Gasteiger charge is 2.25. The third-order valence-electron chi connectivity index (χ3n) is 4.44. The zero-order valence-corrected chi connectivity index (χ0v) is 12.6. The van der Waals surface area contributed by atoms with Crippen LogP contribution in [0, 0.1) is 5.92 Å². The zero-order chi connectivity index (χ0) is 15.4. The Morgan fingerprint density at radius 2 is 1.91 bits per heavy atom. The van der Waals surface area contributed by atoms with Crippen molar-refractivity contribution < 1.29 is 14.3 Å². The molecule has 2 N–H and O–H groups in total. The van der Waals surface area contributed by atoms with E-state index >= 15 is 0 Å². The molecule has 1 saturated carbocycles. The third kappa shape index (κ3) is 3.40. The van der Waals surface area contributed by atoms with E-state index in [1.165, 1.54) is 0 Å². The number of nitrogens with one attached hydrogen (secondary N) is 2. The van der Waals surface area contributed by atoms with Crippen molar-refractivity contribution in [1.29, 1.82) is 0 Å². The highest BCUT2D eigenvalue weighted by molar-refractivity contribution is 5.86. The van der Waals surface area contributed by atoms with Gasteiger partial charge in [0.15, 0.2) is 0 Å². The van der Waals surface area contributed by atoms with Crippen molar-refractivity contribution in [2.24, 2.45) is 5.92 Å². The minimum atomic E-state index is -0.145. The van der Waals surface area contributed by atoms with Crippen molar-refractivity contribution in [1.82, 2.24) is 10.6 Å². The molecule has 1 unspecified atom stereocenters. The van der Waals surface area contributed by atoms with E-state index in [-0.39, 0.29) is 30.3 Å². The van der Waals surface area contributed by atoms with E-state index in [4.69, 9.17) is 4.74 Å². The largest absolute Gasteiger partial charge is 0.493 e. The van der Waals surface area contributed by atoms with Gasteiger partial charge in [0.2, 0.25) is 11.8 Å². The first-order valence-corrected chi connectivity index (χ1v) is 8.03. The summed E-state index contributed by atoms with van der Waals surface area (Å²) in [5.74, 6) is 0.790. The number of rotatable bonds is 4. The first-order chi connectivity index (χ1) is 10.7. The van der Waals surface area contributed by atoms with Crippen LogP contribution in [0.1, 0.15) is 43.7 Å². The van der Waals surface area contributed by atoms with Gasteiger partial charge in [0, 0.05) is 17.9 Å². The number of fused-ring (bicyclic) bond motifs is 1. The third-order valence-corrected chi connectivity index (χ3v) is 4.44. The van der Waals surface area contributed by atoms with E-state index in [0.29, 0.717) is 6.61 Å². The van der Waals surface area contributed by atoms with Crippen LogP contribution in [0.25, 0.3) is 0 Å². The summed E-state index contributed by atoms with van der Waals surface area (Å²) in [7, 11) is 0. The van der Waals surface area contributed by atoms with Gasteiger partial charge in [-0.1, -0.05) is 31.0 Å². The molecule has 5 nitrogen and oxygen atoms in total. The summed E-state index contributed by atoms with van der Waals surface area (Å²) in [5.41, 5.74) is 1.00. The molecule has 1 atom stereocenters. The Labute approximate surface area is 130 Å². The van der Waals surface area contributed by atoms with Gasteiger partial charge in [-0.15, -0.1) is 0 Å². The highest BCUT2D eigenvalue weighted by atomic mass is 16.5. The van der Waals surface area contributed by atoms with Gasteiger partial charge in [-0.05, 0) is 18.9 Å². The Morgan fingerprint density at radius 3 is 2.73 bits per heavy atom. The van der Waals surface area contributed by atoms with Gasteiger partial charge in [0.05, 0.1) is 19.2 Å². The molecule has 0 bridgehead atoms. The number of carbonyl (C=O) groups excluding carboxylic acids is 2. The smallest absolute Gasteiger partial charge is 0.239 e. The maximum absolute atomic E-state index is 12.1. The molecule has 1 fully saturated rings. The predicted octanol–water partition coefficient (Wildman–Crippen LogP) is 1.93. The Balaban J connectivity index is 1.51. The quantitative estimate of drug-likeness (QED) is 0.893. The van der Waals surface area contributed by atoms with Crippen molar-refractivity contribution in [2.45, 2.75) is 38.1 Å². The van der Waals surface area contributed by atoms with Crippen LogP contribution in [0.3, 0.4) is 0 Å². The molecular weight excluding hydrogens is 280 g/mol. The van der Waals surface area contributed by atoms with E-state index in [1.54, 1.807) is 0 Å². The lowest BCUT2D eigenvalue weighted by atomic mass is 10.0. The van der Waals surface area contributed by atoms with Gasteiger partial charge in [-0.2, -0.15) is 0 Å². The van der Waals surface area contributed by atoms with Crippen molar-refractivity contribution in [3.05, 3.63) is 29.8 Å². The molecule has 0 radical (unpaired) electrons. The average molecular weight is 302 g/mol. The standard InChI is InChI=1S/C17H22N2O3/c20-16(11-18-17(21)12-5-1-2-6-12)19-14-9-10-22-15-8-4-3-7-13(14)15/h3-4,7-8,12,14H,1-2,5-6,9-11H2,(H,18,21)(H,19,20). The highest BCUT2D eigenvalue weighted by Crippen LogP contribution is 2.31. The summed E-state index contributed by atoms with van der Waals surface area (Å²) < 4.78 is 5.58. The van der Waals surface area contributed by atoms with Crippen LogP contribution in [-0.4, -0.2) is 25.0 Å². The normalized spacial score (nSPS) is 20.8. The average Bonchev–Trinajstić information content (AvgIpc) is 3.07. The van der Waals surface area contributed by atoms with Crippen molar-refractivity contribution in [3.8, 4) is 5.75 Å². The van der Waals surface area contributed by atoms with E-state index < -0.39 is 0 Å². The Morgan fingerprint density at radius 1 is 1.14 bits per heavy atom. The molecule has 0 saturated heterocycles. The number of para-hydroxylation sites is 1. The monoisotopic (exact) mass is 302 g/mol. The fourth-order valence-electron chi connectivity index (χ4n) is 3.24. The molecule has 118 valence electrons. The summed E-state index contributed by atoms with van der Waals surface area (Å²) in [4.78, 5) is 24.0. The maximum Gasteiger partial charge on any atom is 0.239 e. The van der Waals surface area contributed by atoms with Crippen LogP contribution in [-0.2, 0) is 9.59 Å². The van der Waals surface area contributed by atoms with Gasteiger partial charge < -0.3 is 15.4 Å². The molecule has 2 amide bonds. The first kappa shape index (κ1) is 14.9. The summed E-state index contributed by atoms with van der Waals surface area (Å²) in [6, 6.07) is 7.70. The zero-order valence-electron chi connectivity index (χ0n) is 12.6. The lowest BCUT2D eigenvalue weighted by Crippen LogP contribution is -2.41. The topological polar surface area (TPSA) is 67.4 Å². The van der Waals surface area contributed by atoms with Crippen LogP contribution in [0.15, 0.2) is 24.3 Å². The maximum atomic E-state index is 12.1. The second kappa shape index (κ2) is 6.81. The molecule has 2 aliphatic rings. The SMILES string of the molecule is O=C(CNC(=O)C1CCCC1)NC1CCOc2ccccc21. The van der Waals surface area contributed by atoms with Crippen molar-refractivity contribution in [3.63, 3.8) is 0 Å². The second-order valence-corrected chi connectivity index (χ2v) is 5.99. The fourth-order valence-corrected chi connectivity index (χ4v) is 3.24. The van der Waals surface area contributed by atoms with Crippen molar-refractivity contribution in [2.75, 3.05) is 13.2 Å². The molecule has 22 heavy (non-hydrogen) atoms. The van der Waals surface area contributed by atoms with Crippen LogP contribution in [0.4, 0.5) is 0 Å². The molecule has 0 aromatic heterocycles. The predicted molar refractivity (Wildman–Crippen MR) is 82.4 cm³/mol. The number of amides is 2. The summed E-state index contributed by atoms with van der Waals surface area (Å²) in [6.07, 6.45) is 4.87. The van der Waals surface area contributed by atoms with Gasteiger partial charge in [0.25, 0.3) is 0 Å². The summed E-state index contributed by atoms with van der Waals surface area (Å²) in [6.45, 7) is 0.644. The molecule has 1 aromatic rings. The van der Waals surface area contributed by atoms with Crippen LogP contribution >= 0.6 is 0 Å². The minimum absolute atomic E-state index is 0.0139. The molecule has 3 rings (SSSR count). The number of hydrogen-bond donors (Lipinski definition) is 2. The molecule has 1 heterocycles. The molecule has 0 spiro atoms. The van der Waals surface area contributed by atoms with Gasteiger partial charge >= 0.3 is 0 Å². The van der Waals surface area contributed by atoms with E-state index in [2.05, 4.69) is 10.6 Å². The summed E-state index contributed by atoms with van der Waals surface area (Å²) in [5, 5.41) is 5.74. The Hall–Kier alpha value is -2.04. The number of benzene rings is 1. The molecule has 1 aliphatic heterocycles. The lowest BCUT2D eigenvalue weighted by Gasteiger charge is -2.26. The molecule has 1 aromatic carbocycles. The number of hydrogen-bond acceptors (Lipinski definition) is 3. The van der Waals surface area contributed by atoms with Gasteiger partial charge in [-0.3, -0.25) is 9.59 Å². The molecular formula is C17H22N2O3. The molecule has 1 aliphatic carbocycles. The van der Waals surface area contributed by atoms with Gasteiger partial charge in [-0.25, -0.2) is 0 Å². The van der Waals surface area contributed by atoms with Gasteiger partial charge in [0.1, 0.15) is 5.75 Å². The lowest BCUT2D eigenvalue weighted by molar-refractivity contribution is -0.128. The molecule has 5 heteroatoms. The first-order valence-electron chi connectivity index (χ1n) is 8.03. The Bertz CT molecular complexity index is 553. The van der Waals surface area contributed by atoms with E-state index in [1.807, 2.05) is 24.3 Å². The number of ether oxygens (including phenoxy) is 1. The summed E-state index contributed by atoms with van der Waals surface area (Å²) >= 11 is 0. The van der Waals surface area contributed by atoms with E-state index in [9.17, 15) is 9.59 Å². The Kier molecular flexibility index (Phi) is 4.61. The van der Waals surface area contributed by atoms with E-state index in [0.717, 1.165) is 43.4 Å². The second-order valence-electron chi connectivity index (χ2n) is 5.99. The fraction of sp³-hybridized carbons (Fsp3) is 0.529. The van der Waals surface area contributed by atoms with Crippen LogP contribution in [0.5, 0.6) is 5.75 Å². The van der Waals surface area contributed by atoms with Crippen LogP contribution < -0.4 is 15.4 Å². The number of carbonyl (C=O) groups is 2.